The highest BCUT2D eigenvalue weighted by Gasteiger charge is 2.04. The van der Waals surface area contributed by atoms with Gasteiger partial charge in [-0.25, -0.2) is 0 Å². The molecule has 0 aliphatic rings. The van der Waals surface area contributed by atoms with Crippen LogP contribution in [0.25, 0.3) is 0 Å². The molecule has 96 valence electrons. The molecular weight excluding hydrogens is 310 g/mol. The first-order valence-electron chi connectivity index (χ1n) is 5.72. The topological polar surface area (TPSA) is 42.2 Å². The van der Waals surface area contributed by atoms with Crippen LogP contribution >= 0.6 is 27.3 Å². The number of hydrogen-bond acceptors (Lipinski definition) is 4. The predicted molar refractivity (Wildman–Crippen MR) is 79.3 cm³/mol. The van der Waals surface area contributed by atoms with Gasteiger partial charge in [0.25, 0.3) is 0 Å². The molecule has 3 nitrogen and oxygen atoms in total. The fourth-order valence-corrected chi connectivity index (χ4v) is 3.05. The van der Waals surface area contributed by atoms with Crippen molar-refractivity contribution in [3.8, 4) is 0 Å². The van der Waals surface area contributed by atoms with Crippen molar-refractivity contribution in [1.82, 2.24) is 9.88 Å². The zero-order chi connectivity index (χ0) is 13.0. The molecule has 2 aromatic heterocycles. The molecule has 0 aromatic carbocycles. The third-order valence-electron chi connectivity index (χ3n) is 2.62. The molecule has 2 N–H and O–H groups in total. The lowest BCUT2D eigenvalue weighted by atomic mass is 10.2. The Bertz CT molecular complexity index is 512. The molecule has 0 spiro atoms. The summed E-state index contributed by atoms with van der Waals surface area (Å²) in [4.78, 5) is 6.49. The Morgan fingerprint density at radius 3 is 2.78 bits per heavy atom. The number of thiophene rings is 1. The van der Waals surface area contributed by atoms with Crippen molar-refractivity contribution < 1.29 is 0 Å². The minimum atomic E-state index is 0.495. The smallest absolute Gasteiger partial charge is 0.0701 e. The van der Waals surface area contributed by atoms with Gasteiger partial charge < -0.3 is 5.73 Å². The summed E-state index contributed by atoms with van der Waals surface area (Å²) in [6, 6.07) is 6.28. The van der Waals surface area contributed by atoms with Gasteiger partial charge in [0.2, 0.25) is 0 Å². The van der Waals surface area contributed by atoms with Crippen LogP contribution in [0, 0.1) is 0 Å². The molecule has 0 fully saturated rings. The number of nitrogens with zero attached hydrogens (tertiary/aromatic N) is 2. The highest BCUT2D eigenvalue weighted by molar-refractivity contribution is 9.11. The summed E-state index contributed by atoms with van der Waals surface area (Å²) in [7, 11) is 2.12. The second-order valence-electron chi connectivity index (χ2n) is 4.29. The number of rotatable bonds is 5. The Morgan fingerprint density at radius 2 is 2.11 bits per heavy atom. The molecule has 0 amide bonds. The van der Waals surface area contributed by atoms with E-state index in [1.807, 2.05) is 12.3 Å². The third-order valence-corrected chi connectivity index (χ3v) is 4.17. The third kappa shape index (κ3) is 3.88. The maximum Gasteiger partial charge on any atom is 0.0701 e. The largest absolute Gasteiger partial charge is 0.325 e. The Labute approximate surface area is 120 Å². The first-order valence-corrected chi connectivity index (χ1v) is 7.40. The van der Waals surface area contributed by atoms with Gasteiger partial charge >= 0.3 is 0 Å². The van der Waals surface area contributed by atoms with E-state index in [9.17, 15) is 0 Å². The maximum atomic E-state index is 5.60. The number of nitrogens with two attached hydrogens (primary N) is 1. The van der Waals surface area contributed by atoms with E-state index < -0.39 is 0 Å². The summed E-state index contributed by atoms with van der Waals surface area (Å²) in [6.07, 6.45) is 1.83. The minimum Gasteiger partial charge on any atom is -0.325 e. The lowest BCUT2D eigenvalue weighted by Gasteiger charge is -2.16. The van der Waals surface area contributed by atoms with E-state index in [4.69, 9.17) is 5.73 Å². The minimum absolute atomic E-state index is 0.495. The predicted octanol–water partition coefficient (Wildman–Crippen LogP) is 3.00. The number of hydrogen-bond donors (Lipinski definition) is 1. The summed E-state index contributed by atoms with van der Waals surface area (Å²) in [5, 5.41) is 2.18. The molecule has 0 unspecified atom stereocenters. The van der Waals surface area contributed by atoms with Gasteiger partial charge in [0, 0.05) is 25.8 Å². The SMILES string of the molecule is CN(Cc1ccnc(CN)c1)Cc1csc(Br)c1. The van der Waals surface area contributed by atoms with Gasteiger partial charge in [-0.05, 0) is 57.7 Å². The van der Waals surface area contributed by atoms with Crippen molar-refractivity contribution in [1.29, 1.82) is 0 Å². The summed E-state index contributed by atoms with van der Waals surface area (Å²) >= 11 is 5.21. The van der Waals surface area contributed by atoms with Gasteiger partial charge in [0.05, 0.1) is 9.48 Å². The molecular formula is C13H16BrN3S. The van der Waals surface area contributed by atoms with Crippen LogP contribution in [-0.2, 0) is 19.6 Å². The zero-order valence-electron chi connectivity index (χ0n) is 10.3. The van der Waals surface area contributed by atoms with E-state index in [-0.39, 0.29) is 0 Å². The first-order chi connectivity index (χ1) is 8.67. The fraction of sp³-hybridized carbons (Fsp3) is 0.308. The van der Waals surface area contributed by atoms with Crippen molar-refractivity contribution in [2.24, 2.45) is 5.73 Å². The van der Waals surface area contributed by atoms with Gasteiger partial charge in [0.1, 0.15) is 0 Å². The molecule has 0 saturated carbocycles. The molecule has 0 bridgehead atoms. The summed E-state index contributed by atoms with van der Waals surface area (Å²) in [6.45, 7) is 2.35. The molecule has 2 aromatic rings. The Hall–Kier alpha value is -0.750. The van der Waals surface area contributed by atoms with Crippen molar-refractivity contribution in [2.45, 2.75) is 19.6 Å². The van der Waals surface area contributed by atoms with Crippen LogP contribution in [0.5, 0.6) is 0 Å². The van der Waals surface area contributed by atoms with Crippen molar-refractivity contribution in [3.63, 3.8) is 0 Å². The van der Waals surface area contributed by atoms with Gasteiger partial charge in [-0.3, -0.25) is 9.88 Å². The number of aromatic nitrogens is 1. The molecule has 2 rings (SSSR count). The highest BCUT2D eigenvalue weighted by Crippen LogP contribution is 2.21. The van der Waals surface area contributed by atoms with E-state index in [0.29, 0.717) is 6.54 Å². The van der Waals surface area contributed by atoms with Crippen LogP contribution in [-0.4, -0.2) is 16.9 Å². The van der Waals surface area contributed by atoms with E-state index in [0.717, 1.165) is 18.8 Å². The van der Waals surface area contributed by atoms with E-state index in [1.54, 1.807) is 11.3 Å². The quantitative estimate of drug-likeness (QED) is 0.918. The van der Waals surface area contributed by atoms with Crippen molar-refractivity contribution in [3.05, 3.63) is 50.4 Å². The number of halogens is 1. The Kier molecular flexibility index (Phi) is 4.88. The second-order valence-corrected chi connectivity index (χ2v) is 6.58. The van der Waals surface area contributed by atoms with Gasteiger partial charge in [-0.15, -0.1) is 11.3 Å². The lowest BCUT2D eigenvalue weighted by Crippen LogP contribution is -2.17. The summed E-state index contributed by atoms with van der Waals surface area (Å²) in [5.41, 5.74) is 9.13. The molecule has 0 aliphatic heterocycles. The molecule has 0 saturated heterocycles. The van der Waals surface area contributed by atoms with Crippen LogP contribution in [0.2, 0.25) is 0 Å². The van der Waals surface area contributed by atoms with Gasteiger partial charge in [-0.2, -0.15) is 0 Å². The second kappa shape index (κ2) is 6.43. The molecule has 18 heavy (non-hydrogen) atoms. The zero-order valence-corrected chi connectivity index (χ0v) is 12.7. The van der Waals surface area contributed by atoms with Gasteiger partial charge in [0.15, 0.2) is 0 Å². The number of pyridine rings is 1. The molecule has 2 heterocycles. The lowest BCUT2D eigenvalue weighted by molar-refractivity contribution is 0.319. The fourth-order valence-electron chi connectivity index (χ4n) is 1.85. The molecule has 0 radical (unpaired) electrons. The van der Waals surface area contributed by atoms with Crippen LogP contribution in [0.1, 0.15) is 16.8 Å². The van der Waals surface area contributed by atoms with E-state index in [1.165, 1.54) is 14.9 Å². The average Bonchev–Trinajstić information content (AvgIpc) is 2.74. The van der Waals surface area contributed by atoms with Crippen molar-refractivity contribution >= 4 is 27.3 Å². The van der Waals surface area contributed by atoms with Gasteiger partial charge in [-0.1, -0.05) is 0 Å². The molecule has 5 heteroatoms. The van der Waals surface area contributed by atoms with Crippen LogP contribution < -0.4 is 5.73 Å². The standard InChI is InChI=1S/C13H16BrN3S/c1-17(8-11-5-13(14)18-9-11)7-10-2-3-16-12(4-10)6-15/h2-5,9H,6-8,15H2,1H3. The monoisotopic (exact) mass is 325 g/mol. The first kappa shape index (κ1) is 13.7. The Balaban J connectivity index is 1.96. The van der Waals surface area contributed by atoms with E-state index in [2.05, 4.69) is 50.4 Å². The summed E-state index contributed by atoms with van der Waals surface area (Å²) in [5.74, 6) is 0. The Morgan fingerprint density at radius 1 is 1.33 bits per heavy atom. The summed E-state index contributed by atoms with van der Waals surface area (Å²) < 4.78 is 1.18. The van der Waals surface area contributed by atoms with Crippen LogP contribution in [0.15, 0.2) is 33.6 Å². The van der Waals surface area contributed by atoms with E-state index >= 15 is 0 Å². The average molecular weight is 326 g/mol. The molecule has 0 aliphatic carbocycles. The van der Waals surface area contributed by atoms with Crippen LogP contribution in [0.3, 0.4) is 0 Å². The molecule has 0 atom stereocenters. The maximum absolute atomic E-state index is 5.60. The van der Waals surface area contributed by atoms with Crippen LogP contribution in [0.4, 0.5) is 0 Å². The highest BCUT2D eigenvalue weighted by atomic mass is 79.9. The van der Waals surface area contributed by atoms with Crippen molar-refractivity contribution in [2.75, 3.05) is 7.05 Å². The normalized spacial score (nSPS) is 11.1.